The number of carbonyl (C=O) groups excluding carboxylic acids is 4. The number of allylic oxidation sites excluding steroid dienone is 1. The zero-order valence-electron chi connectivity index (χ0n) is 23.0. The van der Waals surface area contributed by atoms with Crippen molar-refractivity contribution in [1.82, 2.24) is 24.9 Å². The summed E-state index contributed by atoms with van der Waals surface area (Å²) in [4.78, 5) is 54.1. The Kier molecular flexibility index (Phi) is 6.01. The molecule has 1 unspecified atom stereocenters. The molecule has 2 aromatic rings. The SMILES string of the molecule is C=C1CCC(N2C(=O)c3cccc(NCc4cnn(C5CC6(C5)CN(C(=O)OC(C)(C)C)C6)c4)c3C2=O)C(=O)N1. The van der Waals surface area contributed by atoms with Crippen LogP contribution in [0.25, 0.3) is 0 Å². The first-order valence-corrected chi connectivity index (χ1v) is 13.7. The Bertz CT molecular complexity index is 1420. The van der Waals surface area contributed by atoms with E-state index >= 15 is 0 Å². The van der Waals surface area contributed by atoms with E-state index < -0.39 is 23.5 Å². The molecule has 1 aliphatic carbocycles. The molecule has 2 N–H and O–H groups in total. The first-order chi connectivity index (χ1) is 18.9. The van der Waals surface area contributed by atoms with E-state index in [1.807, 2.05) is 31.6 Å². The number of imide groups is 1. The number of hydrogen-bond donors (Lipinski definition) is 2. The highest BCUT2D eigenvalue weighted by Crippen LogP contribution is 2.54. The predicted octanol–water partition coefficient (Wildman–Crippen LogP) is 3.46. The van der Waals surface area contributed by atoms with Crippen molar-refractivity contribution in [3.8, 4) is 0 Å². The van der Waals surface area contributed by atoms with Crippen molar-refractivity contribution in [3.05, 3.63) is 59.6 Å². The molecule has 1 aromatic heterocycles. The summed E-state index contributed by atoms with van der Waals surface area (Å²) in [7, 11) is 0. The van der Waals surface area contributed by atoms with Crippen molar-refractivity contribution in [3.63, 3.8) is 0 Å². The lowest BCUT2D eigenvalue weighted by atomic mass is 9.61. The number of carbonyl (C=O) groups is 4. The molecule has 1 aromatic carbocycles. The molecule has 40 heavy (non-hydrogen) atoms. The zero-order chi connectivity index (χ0) is 28.4. The quantitative estimate of drug-likeness (QED) is 0.550. The molecule has 4 aliphatic rings. The highest BCUT2D eigenvalue weighted by molar-refractivity contribution is 6.25. The topological polar surface area (TPSA) is 126 Å². The standard InChI is InChI=1S/C29H34N6O5/c1-17-8-9-22(24(36)32-17)35-25(37)20-6-5-7-21(23(20)26(35)38)30-12-18-13-31-34(14-18)19-10-29(11-19)15-33(16-29)27(39)40-28(2,3)4/h5-7,13-14,19,22,30H,1,8-12,15-16H2,2-4H3,(H,32,36). The first kappa shape index (κ1) is 26.1. The lowest BCUT2D eigenvalue weighted by Gasteiger charge is -2.58. The van der Waals surface area contributed by atoms with E-state index in [4.69, 9.17) is 4.74 Å². The smallest absolute Gasteiger partial charge is 0.410 e. The number of nitrogens with one attached hydrogen (secondary N) is 2. The molecule has 210 valence electrons. The molecule has 11 heteroatoms. The third-order valence-electron chi connectivity index (χ3n) is 8.13. The number of benzene rings is 1. The van der Waals surface area contributed by atoms with Crippen LogP contribution in [0.1, 0.15) is 78.8 Å². The molecule has 3 aliphatic heterocycles. The number of hydrogen-bond acceptors (Lipinski definition) is 7. The van der Waals surface area contributed by atoms with Gasteiger partial charge in [-0.2, -0.15) is 5.10 Å². The molecule has 11 nitrogen and oxygen atoms in total. The van der Waals surface area contributed by atoms with Gasteiger partial charge in [-0.1, -0.05) is 12.6 Å². The van der Waals surface area contributed by atoms with E-state index in [2.05, 4.69) is 22.3 Å². The van der Waals surface area contributed by atoms with Gasteiger partial charge in [0.25, 0.3) is 11.8 Å². The fourth-order valence-electron chi connectivity index (χ4n) is 6.21. The molecule has 1 spiro atoms. The van der Waals surface area contributed by atoms with Gasteiger partial charge in [0.1, 0.15) is 11.6 Å². The van der Waals surface area contributed by atoms with Gasteiger partial charge >= 0.3 is 6.09 Å². The number of nitrogens with zero attached hydrogens (tertiary/aromatic N) is 4. The highest BCUT2D eigenvalue weighted by atomic mass is 16.6. The van der Waals surface area contributed by atoms with E-state index in [0.29, 0.717) is 49.4 Å². The summed E-state index contributed by atoms with van der Waals surface area (Å²) >= 11 is 0. The fourth-order valence-corrected chi connectivity index (χ4v) is 6.21. The van der Waals surface area contributed by atoms with Gasteiger partial charge in [0.05, 0.1) is 23.4 Å². The van der Waals surface area contributed by atoms with Gasteiger partial charge in [0.15, 0.2) is 0 Å². The summed E-state index contributed by atoms with van der Waals surface area (Å²) < 4.78 is 7.44. The number of ether oxygens (including phenoxy) is 1. The van der Waals surface area contributed by atoms with Gasteiger partial charge in [-0.25, -0.2) is 4.79 Å². The molecule has 4 heterocycles. The average molecular weight is 547 g/mol. The third kappa shape index (κ3) is 4.52. The van der Waals surface area contributed by atoms with Crippen LogP contribution in [0.15, 0.2) is 42.9 Å². The van der Waals surface area contributed by atoms with Crippen LogP contribution in [0.3, 0.4) is 0 Å². The maximum absolute atomic E-state index is 13.3. The Morgan fingerprint density at radius 3 is 2.65 bits per heavy atom. The summed E-state index contributed by atoms with van der Waals surface area (Å²) in [5, 5.41) is 10.5. The summed E-state index contributed by atoms with van der Waals surface area (Å²) in [6.07, 6.45) is 6.34. The summed E-state index contributed by atoms with van der Waals surface area (Å²) in [6.45, 7) is 11.2. The van der Waals surface area contributed by atoms with Crippen LogP contribution in [0, 0.1) is 5.41 Å². The first-order valence-electron chi connectivity index (χ1n) is 13.7. The largest absolute Gasteiger partial charge is 0.444 e. The maximum Gasteiger partial charge on any atom is 0.410 e. The third-order valence-corrected chi connectivity index (χ3v) is 8.13. The lowest BCUT2D eigenvalue weighted by Crippen LogP contribution is -2.64. The summed E-state index contributed by atoms with van der Waals surface area (Å²) in [5.74, 6) is -1.30. The number of fused-ring (bicyclic) bond motifs is 1. The van der Waals surface area contributed by atoms with Gasteiger partial charge in [-0.05, 0) is 58.6 Å². The van der Waals surface area contributed by atoms with Crippen LogP contribution in [-0.4, -0.2) is 68.1 Å². The van der Waals surface area contributed by atoms with Crippen LogP contribution in [0.2, 0.25) is 0 Å². The predicted molar refractivity (Wildman–Crippen MR) is 145 cm³/mol. The normalized spacial score (nSPS) is 22.1. The van der Waals surface area contributed by atoms with Gasteiger partial charge < -0.3 is 20.3 Å². The second-order valence-corrected chi connectivity index (χ2v) is 12.4. The molecule has 0 bridgehead atoms. The minimum Gasteiger partial charge on any atom is -0.444 e. The van der Waals surface area contributed by atoms with E-state index in [-0.39, 0.29) is 29.0 Å². The van der Waals surface area contributed by atoms with E-state index in [1.165, 1.54) is 0 Å². The van der Waals surface area contributed by atoms with E-state index in [9.17, 15) is 19.2 Å². The number of anilines is 1. The van der Waals surface area contributed by atoms with Gasteiger partial charge in [-0.3, -0.25) is 24.0 Å². The van der Waals surface area contributed by atoms with Crippen LogP contribution < -0.4 is 10.6 Å². The van der Waals surface area contributed by atoms with Crippen LogP contribution in [0.4, 0.5) is 10.5 Å². The molecule has 0 radical (unpaired) electrons. The monoisotopic (exact) mass is 546 g/mol. The van der Waals surface area contributed by atoms with E-state index in [1.54, 1.807) is 29.3 Å². The Labute approximate surface area is 232 Å². The maximum atomic E-state index is 13.3. The summed E-state index contributed by atoms with van der Waals surface area (Å²) in [6, 6.07) is 4.55. The molecule has 2 saturated heterocycles. The van der Waals surface area contributed by atoms with Crippen molar-refractivity contribution < 1.29 is 23.9 Å². The van der Waals surface area contributed by atoms with Crippen molar-refractivity contribution in [1.29, 1.82) is 0 Å². The van der Waals surface area contributed by atoms with E-state index in [0.717, 1.165) is 23.3 Å². The number of rotatable bonds is 5. The number of aromatic nitrogens is 2. The van der Waals surface area contributed by atoms with Gasteiger partial charge in [-0.15, -0.1) is 0 Å². The second kappa shape index (κ2) is 9.21. The van der Waals surface area contributed by atoms with Crippen molar-refractivity contribution in [2.24, 2.45) is 5.41 Å². The fraction of sp³-hybridized carbons (Fsp3) is 0.483. The zero-order valence-corrected chi connectivity index (χ0v) is 23.0. The lowest BCUT2D eigenvalue weighted by molar-refractivity contribution is -0.125. The van der Waals surface area contributed by atoms with Crippen LogP contribution >= 0.6 is 0 Å². The molecule has 4 amide bonds. The van der Waals surface area contributed by atoms with Crippen molar-refractivity contribution in [2.75, 3.05) is 18.4 Å². The number of likely N-dealkylation sites (tertiary alicyclic amines) is 1. The molecule has 1 saturated carbocycles. The number of piperidine rings is 1. The molecular weight excluding hydrogens is 512 g/mol. The van der Waals surface area contributed by atoms with Crippen molar-refractivity contribution >= 4 is 29.5 Å². The van der Waals surface area contributed by atoms with Crippen LogP contribution in [0.5, 0.6) is 0 Å². The second-order valence-electron chi connectivity index (χ2n) is 12.4. The number of amides is 4. The Balaban J connectivity index is 1.06. The molecule has 3 fully saturated rings. The Morgan fingerprint density at radius 1 is 1.20 bits per heavy atom. The van der Waals surface area contributed by atoms with Gasteiger partial charge in [0.2, 0.25) is 5.91 Å². The molecule has 1 atom stereocenters. The highest BCUT2D eigenvalue weighted by Gasteiger charge is 2.55. The van der Waals surface area contributed by atoms with Crippen LogP contribution in [-0.2, 0) is 16.1 Å². The Morgan fingerprint density at radius 2 is 1.95 bits per heavy atom. The average Bonchev–Trinajstić information content (AvgIpc) is 3.38. The van der Waals surface area contributed by atoms with Crippen molar-refractivity contribution in [2.45, 2.75) is 70.7 Å². The minimum absolute atomic E-state index is 0.151. The minimum atomic E-state index is -0.846. The molecule has 6 rings (SSSR count). The Hall–Kier alpha value is -4.15. The summed E-state index contributed by atoms with van der Waals surface area (Å²) in [5.41, 5.74) is 2.32. The molecular formula is C29H34N6O5. The van der Waals surface area contributed by atoms with Gasteiger partial charge in [0, 0.05) is 48.2 Å².